The first kappa shape index (κ1) is 26.2. The lowest BCUT2D eigenvalue weighted by Gasteiger charge is -2.10. The molecule has 0 spiro atoms. The molecule has 0 aliphatic rings. The number of para-hydroxylation sites is 2. The molecule has 194 valence electrons. The molecule has 0 atom stereocenters. The van der Waals surface area contributed by atoms with Crippen LogP contribution in [0, 0.1) is 0 Å². The number of methoxy groups -OCH3 is 1. The van der Waals surface area contributed by atoms with E-state index in [-0.39, 0.29) is 18.7 Å². The minimum absolute atomic E-state index is 0.0210. The molecule has 0 heterocycles. The standard InChI is InChI=1S/C30H28N2O6/c1-36-27-12-5-4-11-25(27)32-29(34)20-37-30(35)15-7-14-28(33)31-22-16-18-23(19-17-22)38-26-13-6-9-21-8-2-3-10-24(21)26/h2-6,8-13,16-19H,7,14-15,20H2,1H3,(H,31,33)(H,32,34). The summed E-state index contributed by atoms with van der Waals surface area (Å²) >= 11 is 0. The zero-order chi connectivity index (χ0) is 26.7. The van der Waals surface area contributed by atoms with Crippen LogP contribution in [0.3, 0.4) is 0 Å². The van der Waals surface area contributed by atoms with Gasteiger partial charge in [-0.15, -0.1) is 0 Å². The Morgan fingerprint density at radius 2 is 1.42 bits per heavy atom. The molecule has 38 heavy (non-hydrogen) atoms. The Morgan fingerprint density at radius 1 is 0.711 bits per heavy atom. The molecule has 0 saturated carbocycles. The van der Waals surface area contributed by atoms with Gasteiger partial charge in [0.15, 0.2) is 6.61 Å². The van der Waals surface area contributed by atoms with Crippen LogP contribution in [0.15, 0.2) is 91.0 Å². The average Bonchev–Trinajstić information content (AvgIpc) is 2.93. The number of anilines is 2. The van der Waals surface area contributed by atoms with Gasteiger partial charge in [-0.2, -0.15) is 0 Å². The second kappa shape index (κ2) is 12.9. The van der Waals surface area contributed by atoms with Gasteiger partial charge in [0.1, 0.15) is 17.2 Å². The number of hydrogen-bond acceptors (Lipinski definition) is 6. The van der Waals surface area contributed by atoms with Crippen molar-refractivity contribution in [3.05, 3.63) is 91.0 Å². The molecule has 0 aliphatic carbocycles. The van der Waals surface area contributed by atoms with Crippen LogP contribution >= 0.6 is 0 Å². The highest BCUT2D eigenvalue weighted by atomic mass is 16.5. The van der Waals surface area contributed by atoms with Gasteiger partial charge in [0.05, 0.1) is 12.8 Å². The number of nitrogens with one attached hydrogen (secondary N) is 2. The number of rotatable bonds is 11. The second-order valence-electron chi connectivity index (χ2n) is 8.41. The van der Waals surface area contributed by atoms with E-state index in [1.807, 2.05) is 42.5 Å². The molecular formula is C30H28N2O6. The third-order valence-electron chi connectivity index (χ3n) is 5.65. The summed E-state index contributed by atoms with van der Waals surface area (Å²) in [5, 5.41) is 7.54. The van der Waals surface area contributed by atoms with E-state index in [2.05, 4.69) is 10.6 Å². The van der Waals surface area contributed by atoms with E-state index in [4.69, 9.17) is 14.2 Å². The number of esters is 1. The third-order valence-corrected chi connectivity index (χ3v) is 5.65. The Morgan fingerprint density at radius 3 is 2.24 bits per heavy atom. The molecule has 2 amide bonds. The first-order valence-corrected chi connectivity index (χ1v) is 12.2. The Labute approximate surface area is 220 Å². The van der Waals surface area contributed by atoms with E-state index in [1.165, 1.54) is 7.11 Å². The van der Waals surface area contributed by atoms with Crippen LogP contribution in [0.25, 0.3) is 10.8 Å². The van der Waals surface area contributed by atoms with Crippen LogP contribution < -0.4 is 20.1 Å². The lowest BCUT2D eigenvalue weighted by molar-refractivity contribution is -0.147. The van der Waals surface area contributed by atoms with Crippen LogP contribution in [0.2, 0.25) is 0 Å². The van der Waals surface area contributed by atoms with Crippen LogP contribution in [-0.2, 0) is 19.1 Å². The fourth-order valence-electron chi connectivity index (χ4n) is 3.79. The van der Waals surface area contributed by atoms with Crippen molar-refractivity contribution in [2.45, 2.75) is 19.3 Å². The normalized spacial score (nSPS) is 10.4. The molecule has 0 aromatic heterocycles. The Bertz CT molecular complexity index is 1410. The Balaban J connectivity index is 1.16. The Kier molecular flexibility index (Phi) is 8.91. The largest absolute Gasteiger partial charge is 0.495 e. The van der Waals surface area contributed by atoms with Crippen LogP contribution in [0.1, 0.15) is 19.3 Å². The highest BCUT2D eigenvalue weighted by Gasteiger charge is 2.11. The summed E-state index contributed by atoms with van der Waals surface area (Å²) in [5.74, 6) is 0.650. The summed E-state index contributed by atoms with van der Waals surface area (Å²) in [4.78, 5) is 36.3. The van der Waals surface area contributed by atoms with Crippen molar-refractivity contribution in [1.29, 1.82) is 0 Å². The quantitative estimate of drug-likeness (QED) is 0.242. The predicted molar refractivity (Wildman–Crippen MR) is 146 cm³/mol. The zero-order valence-electron chi connectivity index (χ0n) is 20.9. The van der Waals surface area contributed by atoms with Gasteiger partial charge in [0.25, 0.3) is 5.91 Å². The molecule has 8 nitrogen and oxygen atoms in total. The monoisotopic (exact) mass is 512 g/mol. The molecule has 0 radical (unpaired) electrons. The molecular weight excluding hydrogens is 484 g/mol. The van der Waals surface area contributed by atoms with Gasteiger partial charge < -0.3 is 24.8 Å². The molecule has 0 saturated heterocycles. The van der Waals surface area contributed by atoms with Crippen LogP contribution in [0.5, 0.6) is 17.2 Å². The van der Waals surface area contributed by atoms with E-state index < -0.39 is 18.5 Å². The van der Waals surface area contributed by atoms with Gasteiger partial charge >= 0.3 is 5.97 Å². The third kappa shape index (κ3) is 7.33. The van der Waals surface area contributed by atoms with E-state index in [0.29, 0.717) is 29.3 Å². The van der Waals surface area contributed by atoms with Crippen molar-refractivity contribution >= 4 is 39.9 Å². The molecule has 0 aliphatic heterocycles. The van der Waals surface area contributed by atoms with Crippen molar-refractivity contribution in [1.82, 2.24) is 0 Å². The summed E-state index contributed by atoms with van der Waals surface area (Å²) in [6, 6.07) is 27.9. The molecule has 4 aromatic rings. The van der Waals surface area contributed by atoms with Crippen LogP contribution in [-0.4, -0.2) is 31.5 Å². The van der Waals surface area contributed by atoms with E-state index in [1.54, 1.807) is 48.5 Å². The maximum atomic E-state index is 12.3. The van der Waals surface area contributed by atoms with Crippen molar-refractivity contribution < 1.29 is 28.6 Å². The SMILES string of the molecule is COc1ccccc1NC(=O)COC(=O)CCCC(=O)Nc1ccc(Oc2cccc3ccccc23)cc1. The number of carbonyl (C=O) groups is 3. The fourth-order valence-corrected chi connectivity index (χ4v) is 3.79. The summed E-state index contributed by atoms with van der Waals surface area (Å²) in [5.41, 5.74) is 1.11. The number of hydrogen-bond donors (Lipinski definition) is 2. The number of amides is 2. The Hall–Kier alpha value is -4.85. The number of benzene rings is 4. The highest BCUT2D eigenvalue weighted by molar-refractivity contribution is 5.94. The predicted octanol–water partition coefficient (Wildman–Crippen LogP) is 5.93. The number of carbonyl (C=O) groups excluding carboxylic acids is 3. The lowest BCUT2D eigenvalue weighted by atomic mass is 10.1. The second-order valence-corrected chi connectivity index (χ2v) is 8.41. The van der Waals surface area contributed by atoms with Gasteiger partial charge in [-0.05, 0) is 54.3 Å². The average molecular weight is 513 g/mol. The lowest BCUT2D eigenvalue weighted by Crippen LogP contribution is -2.21. The van der Waals surface area contributed by atoms with Gasteiger partial charge in [-0.25, -0.2) is 0 Å². The van der Waals surface area contributed by atoms with Crippen molar-refractivity contribution in [3.8, 4) is 17.2 Å². The highest BCUT2D eigenvalue weighted by Crippen LogP contribution is 2.30. The van der Waals surface area contributed by atoms with Gasteiger partial charge in [-0.3, -0.25) is 14.4 Å². The molecule has 4 aromatic carbocycles. The fraction of sp³-hybridized carbons (Fsp3) is 0.167. The first-order chi connectivity index (χ1) is 18.5. The van der Waals surface area contributed by atoms with E-state index >= 15 is 0 Å². The van der Waals surface area contributed by atoms with Gasteiger partial charge in [-0.1, -0.05) is 48.5 Å². The topological polar surface area (TPSA) is 103 Å². The smallest absolute Gasteiger partial charge is 0.306 e. The molecule has 0 unspecified atom stereocenters. The molecule has 8 heteroatoms. The van der Waals surface area contributed by atoms with E-state index in [9.17, 15) is 14.4 Å². The van der Waals surface area contributed by atoms with Crippen molar-refractivity contribution in [2.24, 2.45) is 0 Å². The summed E-state index contributed by atoms with van der Waals surface area (Å²) < 4.78 is 16.2. The zero-order valence-corrected chi connectivity index (χ0v) is 20.9. The van der Waals surface area contributed by atoms with Crippen molar-refractivity contribution in [2.75, 3.05) is 24.4 Å². The summed E-state index contributed by atoms with van der Waals surface area (Å²) in [6.45, 7) is -0.420. The van der Waals surface area contributed by atoms with E-state index in [0.717, 1.165) is 16.5 Å². The maximum absolute atomic E-state index is 12.3. The first-order valence-electron chi connectivity index (χ1n) is 12.2. The minimum Gasteiger partial charge on any atom is -0.495 e. The van der Waals surface area contributed by atoms with Gasteiger partial charge in [0.2, 0.25) is 5.91 Å². The summed E-state index contributed by atoms with van der Waals surface area (Å²) in [7, 11) is 1.50. The van der Waals surface area contributed by atoms with Gasteiger partial charge in [0, 0.05) is 23.9 Å². The summed E-state index contributed by atoms with van der Waals surface area (Å²) in [6.07, 6.45) is 0.449. The molecule has 0 fully saturated rings. The number of fused-ring (bicyclic) bond motifs is 1. The number of ether oxygens (including phenoxy) is 3. The molecule has 0 bridgehead atoms. The van der Waals surface area contributed by atoms with Crippen molar-refractivity contribution in [3.63, 3.8) is 0 Å². The maximum Gasteiger partial charge on any atom is 0.306 e. The minimum atomic E-state index is -0.553. The molecule has 2 N–H and O–H groups in total. The van der Waals surface area contributed by atoms with Crippen LogP contribution in [0.4, 0.5) is 11.4 Å². The molecule has 4 rings (SSSR count).